The first-order valence-corrected chi connectivity index (χ1v) is 7.72. The van der Waals surface area contributed by atoms with E-state index >= 15 is 0 Å². The summed E-state index contributed by atoms with van der Waals surface area (Å²) in [6.45, 7) is 1.15. The molecule has 0 saturated heterocycles. The molecule has 2 heterocycles. The van der Waals surface area contributed by atoms with Crippen LogP contribution in [0.15, 0.2) is 35.1 Å². The molecule has 0 unspecified atom stereocenters. The Morgan fingerprint density at radius 2 is 1.96 bits per heavy atom. The summed E-state index contributed by atoms with van der Waals surface area (Å²) in [5.41, 5.74) is 6.99. The van der Waals surface area contributed by atoms with Crippen molar-refractivity contribution >= 4 is 17.6 Å². The number of nitrogens with one attached hydrogen (secondary N) is 1. The van der Waals surface area contributed by atoms with E-state index < -0.39 is 17.4 Å². The number of aliphatic hydroxyl groups excluding tert-OH is 1. The van der Waals surface area contributed by atoms with Gasteiger partial charge >= 0.3 is 0 Å². The first kappa shape index (κ1) is 16.9. The van der Waals surface area contributed by atoms with Crippen LogP contribution in [-0.4, -0.2) is 46.6 Å². The summed E-state index contributed by atoms with van der Waals surface area (Å²) in [6, 6.07) is 8.28. The van der Waals surface area contributed by atoms with Crippen LogP contribution in [0.1, 0.15) is 26.3 Å². The Morgan fingerprint density at radius 3 is 2.68 bits per heavy atom. The zero-order chi connectivity index (χ0) is 18.1. The number of anilines is 1. The number of benzene rings is 1. The Morgan fingerprint density at radius 1 is 1.20 bits per heavy atom. The minimum Gasteiger partial charge on any atom is -0.395 e. The highest BCUT2D eigenvalue weighted by Gasteiger charge is 2.31. The van der Waals surface area contributed by atoms with Gasteiger partial charge in [-0.3, -0.25) is 29.2 Å². The third-order valence-corrected chi connectivity index (χ3v) is 4.06. The van der Waals surface area contributed by atoms with Gasteiger partial charge in [0.05, 0.1) is 23.4 Å². The van der Waals surface area contributed by atoms with Crippen molar-refractivity contribution < 1.29 is 14.7 Å². The SMILES string of the molecule is CN(CCO)Cc1cccc(-n2c(N)c3c(cc2=O)C(=O)NC3=O)c1. The van der Waals surface area contributed by atoms with Gasteiger partial charge < -0.3 is 10.8 Å². The molecule has 1 aromatic heterocycles. The van der Waals surface area contributed by atoms with Crippen LogP contribution in [0, 0.1) is 0 Å². The van der Waals surface area contributed by atoms with Crippen LogP contribution in [0.4, 0.5) is 5.82 Å². The molecule has 4 N–H and O–H groups in total. The van der Waals surface area contributed by atoms with E-state index in [1.807, 2.05) is 18.0 Å². The molecule has 8 nitrogen and oxygen atoms in total. The maximum absolute atomic E-state index is 12.4. The number of amides is 2. The molecule has 1 aliphatic heterocycles. The number of fused-ring (bicyclic) bond motifs is 1. The van der Waals surface area contributed by atoms with E-state index in [-0.39, 0.29) is 23.6 Å². The van der Waals surface area contributed by atoms with E-state index in [9.17, 15) is 14.4 Å². The summed E-state index contributed by atoms with van der Waals surface area (Å²) in [5, 5.41) is 11.1. The standard InChI is InChI=1S/C17H18N4O4/c1-20(5-6-22)9-10-3-2-4-11(7-10)21-13(23)8-12-14(15(21)18)17(25)19-16(12)24/h2-4,7-8,22H,5-6,9,18H2,1H3,(H,19,24,25). The van der Waals surface area contributed by atoms with Crippen LogP contribution >= 0.6 is 0 Å². The number of likely N-dealkylation sites (N-methyl/N-ethyl adjacent to an activating group) is 1. The lowest BCUT2D eigenvalue weighted by molar-refractivity contribution is 0.0880. The van der Waals surface area contributed by atoms with Crippen LogP contribution in [0.2, 0.25) is 0 Å². The van der Waals surface area contributed by atoms with Gasteiger partial charge in [-0.05, 0) is 24.7 Å². The number of aromatic nitrogens is 1. The Hall–Kier alpha value is -2.97. The first-order valence-electron chi connectivity index (χ1n) is 7.72. The summed E-state index contributed by atoms with van der Waals surface area (Å²) in [4.78, 5) is 38.0. The number of hydrogen-bond donors (Lipinski definition) is 3. The minimum absolute atomic E-state index is 0.00239. The number of nitrogens with two attached hydrogens (primary N) is 1. The van der Waals surface area contributed by atoms with Crippen LogP contribution in [0.5, 0.6) is 0 Å². The molecular weight excluding hydrogens is 324 g/mol. The molecule has 25 heavy (non-hydrogen) atoms. The molecule has 2 aromatic rings. The number of hydrogen-bond acceptors (Lipinski definition) is 6. The van der Waals surface area contributed by atoms with Gasteiger partial charge in [-0.25, -0.2) is 0 Å². The van der Waals surface area contributed by atoms with Gasteiger partial charge in [0.1, 0.15) is 5.82 Å². The van der Waals surface area contributed by atoms with E-state index in [1.165, 1.54) is 4.57 Å². The van der Waals surface area contributed by atoms with Crippen LogP contribution in [0.25, 0.3) is 5.69 Å². The fourth-order valence-corrected chi connectivity index (χ4v) is 2.90. The van der Waals surface area contributed by atoms with E-state index in [0.717, 1.165) is 11.6 Å². The van der Waals surface area contributed by atoms with E-state index in [2.05, 4.69) is 5.32 Å². The van der Waals surface area contributed by atoms with Crippen molar-refractivity contribution in [2.24, 2.45) is 0 Å². The van der Waals surface area contributed by atoms with Crippen molar-refractivity contribution in [1.29, 1.82) is 0 Å². The van der Waals surface area contributed by atoms with Crippen molar-refractivity contribution in [1.82, 2.24) is 14.8 Å². The zero-order valence-electron chi connectivity index (χ0n) is 13.7. The lowest BCUT2D eigenvalue weighted by atomic mass is 10.1. The second-order valence-corrected chi connectivity index (χ2v) is 5.91. The van der Waals surface area contributed by atoms with Crippen LogP contribution < -0.4 is 16.6 Å². The first-order chi connectivity index (χ1) is 11.9. The lowest BCUT2D eigenvalue weighted by Crippen LogP contribution is -2.24. The van der Waals surface area contributed by atoms with Crippen molar-refractivity contribution in [3.05, 3.63) is 57.4 Å². The monoisotopic (exact) mass is 342 g/mol. The second-order valence-electron chi connectivity index (χ2n) is 5.91. The molecule has 0 bridgehead atoms. The van der Waals surface area contributed by atoms with Gasteiger partial charge in [0.25, 0.3) is 17.4 Å². The number of imide groups is 1. The molecule has 8 heteroatoms. The van der Waals surface area contributed by atoms with Crippen molar-refractivity contribution in [2.75, 3.05) is 25.9 Å². The van der Waals surface area contributed by atoms with Crippen molar-refractivity contribution in [3.8, 4) is 5.69 Å². The Kier molecular flexibility index (Phi) is 4.39. The zero-order valence-corrected chi connectivity index (χ0v) is 13.7. The van der Waals surface area contributed by atoms with Gasteiger partial charge in [0, 0.05) is 19.2 Å². The normalized spacial score (nSPS) is 13.2. The number of carbonyl (C=O) groups excluding carboxylic acids is 2. The van der Waals surface area contributed by atoms with Gasteiger partial charge in [-0.15, -0.1) is 0 Å². The van der Waals surface area contributed by atoms with Crippen molar-refractivity contribution in [2.45, 2.75) is 6.54 Å². The Bertz CT molecular complexity index is 919. The molecular formula is C17H18N4O4. The molecule has 0 aliphatic carbocycles. The third kappa shape index (κ3) is 3.04. The molecule has 1 aromatic carbocycles. The molecule has 1 aliphatic rings. The number of aliphatic hydroxyl groups is 1. The largest absolute Gasteiger partial charge is 0.395 e. The van der Waals surface area contributed by atoms with E-state index in [1.54, 1.807) is 18.2 Å². The fraction of sp³-hybridized carbons (Fsp3) is 0.235. The van der Waals surface area contributed by atoms with Gasteiger partial charge in [0.15, 0.2) is 0 Å². The summed E-state index contributed by atoms with van der Waals surface area (Å²) in [7, 11) is 1.87. The number of pyridine rings is 1. The van der Waals surface area contributed by atoms with E-state index in [4.69, 9.17) is 10.8 Å². The molecule has 3 rings (SSSR count). The van der Waals surface area contributed by atoms with E-state index in [0.29, 0.717) is 18.8 Å². The van der Waals surface area contributed by atoms with Gasteiger partial charge in [-0.1, -0.05) is 12.1 Å². The molecule has 0 saturated carbocycles. The average molecular weight is 342 g/mol. The lowest BCUT2D eigenvalue weighted by Gasteiger charge is -2.17. The summed E-state index contributed by atoms with van der Waals surface area (Å²) >= 11 is 0. The summed E-state index contributed by atoms with van der Waals surface area (Å²) in [6.07, 6.45) is 0. The molecule has 0 spiro atoms. The minimum atomic E-state index is -0.615. The third-order valence-electron chi connectivity index (χ3n) is 4.06. The summed E-state index contributed by atoms with van der Waals surface area (Å²) in [5.74, 6) is -1.29. The van der Waals surface area contributed by atoms with Crippen molar-refractivity contribution in [3.63, 3.8) is 0 Å². The maximum atomic E-state index is 12.4. The number of nitrogens with zero attached hydrogens (tertiary/aromatic N) is 2. The van der Waals surface area contributed by atoms with Gasteiger partial charge in [-0.2, -0.15) is 0 Å². The molecule has 0 radical (unpaired) electrons. The average Bonchev–Trinajstić information content (AvgIpc) is 2.82. The molecule has 0 atom stereocenters. The fourth-order valence-electron chi connectivity index (χ4n) is 2.90. The topological polar surface area (TPSA) is 118 Å². The number of nitrogen functional groups attached to an aromatic ring is 1. The van der Waals surface area contributed by atoms with Gasteiger partial charge in [0.2, 0.25) is 0 Å². The highest BCUT2D eigenvalue weighted by Crippen LogP contribution is 2.23. The summed E-state index contributed by atoms with van der Waals surface area (Å²) < 4.78 is 1.21. The number of carbonyl (C=O) groups is 2. The smallest absolute Gasteiger partial charge is 0.262 e. The quantitative estimate of drug-likeness (QED) is 0.644. The Balaban J connectivity index is 2.06. The predicted molar refractivity (Wildman–Crippen MR) is 91.7 cm³/mol. The predicted octanol–water partition coefficient (Wildman–Crippen LogP) is -0.273. The number of rotatable bonds is 5. The maximum Gasteiger partial charge on any atom is 0.262 e. The molecule has 130 valence electrons. The highest BCUT2D eigenvalue weighted by molar-refractivity contribution is 6.23. The van der Waals surface area contributed by atoms with Crippen LogP contribution in [0.3, 0.4) is 0 Å². The molecule has 2 amide bonds. The second kappa shape index (κ2) is 6.50. The Labute approximate surface area is 143 Å². The van der Waals surface area contributed by atoms with Crippen LogP contribution in [-0.2, 0) is 6.54 Å². The highest BCUT2D eigenvalue weighted by atomic mass is 16.3. The molecule has 0 fully saturated rings.